The predicted octanol–water partition coefficient (Wildman–Crippen LogP) is 5.53. The number of carboxylic acid groups (broad SMARTS) is 3. The third-order valence-corrected chi connectivity index (χ3v) is 4.07. The number of rotatable bonds is 16. The van der Waals surface area contributed by atoms with Crippen LogP contribution in [-0.4, -0.2) is 38.7 Å². The lowest BCUT2D eigenvalue weighted by Gasteiger charge is -2.10. The van der Waals surface area contributed by atoms with Crippen LogP contribution in [0.15, 0.2) is 0 Å². The van der Waals surface area contributed by atoms with Crippen LogP contribution in [-0.2, 0) is 4.79 Å². The summed E-state index contributed by atoms with van der Waals surface area (Å²) in [6, 6.07) is 0. The van der Waals surface area contributed by atoms with Crippen molar-refractivity contribution in [2.24, 2.45) is 0 Å². The normalized spacial score (nSPS) is 11.4. The minimum absolute atomic E-state index is 0.0853. The average Bonchev–Trinajstić information content (AvgIpc) is 2.52. The molecule has 0 rings (SSSR count). The second kappa shape index (κ2) is 20.7. The van der Waals surface area contributed by atoms with Crippen LogP contribution in [0.4, 0.5) is 4.79 Å². The van der Waals surface area contributed by atoms with Gasteiger partial charge in [0, 0.05) is 6.42 Å². The molecule has 0 radical (unpaired) electrons. The van der Waals surface area contributed by atoms with Crippen molar-refractivity contribution in [1.82, 2.24) is 0 Å². The van der Waals surface area contributed by atoms with Crippen molar-refractivity contribution >= 4 is 12.1 Å². The fraction of sp³-hybridized carbons (Fsp3) is 0.895. The zero-order valence-corrected chi connectivity index (χ0v) is 15.8. The Morgan fingerprint density at radius 1 is 0.680 bits per heavy atom. The largest absolute Gasteiger partial charge is 0.503 e. The van der Waals surface area contributed by atoms with E-state index in [2.05, 4.69) is 6.92 Å². The number of aliphatic carboxylic acids is 1. The minimum Gasteiger partial charge on any atom is -0.481 e. The van der Waals surface area contributed by atoms with Gasteiger partial charge in [-0.2, -0.15) is 0 Å². The summed E-state index contributed by atoms with van der Waals surface area (Å²) in [5.41, 5.74) is 0. The fourth-order valence-electron chi connectivity index (χ4n) is 2.67. The van der Waals surface area contributed by atoms with E-state index in [4.69, 9.17) is 20.1 Å². The highest BCUT2D eigenvalue weighted by atomic mass is 16.6. The second-order valence-corrected chi connectivity index (χ2v) is 6.55. The predicted molar refractivity (Wildman–Crippen MR) is 99.2 cm³/mol. The Hall–Kier alpha value is -1.30. The monoisotopic (exact) mass is 362 g/mol. The van der Waals surface area contributed by atoms with Gasteiger partial charge in [-0.1, -0.05) is 77.6 Å². The number of hydrogen-bond donors (Lipinski definition) is 4. The van der Waals surface area contributed by atoms with E-state index in [9.17, 15) is 9.90 Å². The Balaban J connectivity index is 0. The molecule has 0 aliphatic heterocycles. The van der Waals surface area contributed by atoms with E-state index in [1.165, 1.54) is 51.4 Å². The first-order valence-electron chi connectivity index (χ1n) is 9.71. The minimum atomic E-state index is -1.83. The molecule has 0 aromatic carbocycles. The van der Waals surface area contributed by atoms with Crippen molar-refractivity contribution in [3.63, 3.8) is 0 Å². The zero-order chi connectivity index (χ0) is 19.3. The van der Waals surface area contributed by atoms with E-state index in [-0.39, 0.29) is 6.10 Å². The van der Waals surface area contributed by atoms with E-state index in [0.717, 1.165) is 38.5 Å². The maximum atomic E-state index is 10.3. The van der Waals surface area contributed by atoms with Crippen LogP contribution >= 0.6 is 0 Å². The van der Waals surface area contributed by atoms with Gasteiger partial charge in [-0.3, -0.25) is 4.79 Å². The van der Waals surface area contributed by atoms with Crippen molar-refractivity contribution < 1.29 is 30.0 Å². The van der Waals surface area contributed by atoms with Gasteiger partial charge in [0.25, 0.3) is 0 Å². The summed E-state index contributed by atoms with van der Waals surface area (Å²) in [6.07, 6.45) is 14.4. The third-order valence-electron chi connectivity index (χ3n) is 4.07. The molecule has 0 fully saturated rings. The molecule has 1 atom stereocenters. The summed E-state index contributed by atoms with van der Waals surface area (Å²) in [6.45, 7) is 2.21. The van der Waals surface area contributed by atoms with E-state index < -0.39 is 12.1 Å². The molecule has 4 N–H and O–H groups in total. The molecule has 0 amide bonds. The van der Waals surface area contributed by atoms with Crippen LogP contribution in [0.2, 0.25) is 0 Å². The number of aliphatic hydroxyl groups excluding tert-OH is 1. The first kappa shape index (κ1) is 25.9. The molecule has 0 aliphatic carbocycles. The van der Waals surface area contributed by atoms with Crippen molar-refractivity contribution in [2.45, 2.75) is 109 Å². The zero-order valence-electron chi connectivity index (χ0n) is 15.8. The van der Waals surface area contributed by atoms with Gasteiger partial charge in [-0.25, -0.2) is 4.79 Å². The van der Waals surface area contributed by atoms with Crippen LogP contribution < -0.4 is 0 Å². The molecule has 0 bridgehead atoms. The standard InChI is InChI=1S/C18H36O3.CH2O3/c1-2-3-4-11-14-17(19)15-12-9-7-5-6-8-10-13-16-18(20)21;2-1(3)4/h17,19H,2-16H2,1H3,(H,20,21);(H2,2,3,4). The molecule has 25 heavy (non-hydrogen) atoms. The van der Waals surface area contributed by atoms with Gasteiger partial charge in [0.1, 0.15) is 0 Å². The molecule has 0 saturated carbocycles. The molecular formula is C19H38O6. The number of carbonyl (C=O) groups is 2. The van der Waals surface area contributed by atoms with Gasteiger partial charge in [-0.05, 0) is 19.3 Å². The van der Waals surface area contributed by atoms with Gasteiger partial charge < -0.3 is 20.4 Å². The Bertz CT molecular complexity index is 302. The maximum Gasteiger partial charge on any atom is 0.503 e. The van der Waals surface area contributed by atoms with Crippen molar-refractivity contribution in [1.29, 1.82) is 0 Å². The first-order chi connectivity index (χ1) is 11.9. The molecule has 0 aromatic rings. The van der Waals surface area contributed by atoms with E-state index in [0.29, 0.717) is 6.42 Å². The fourth-order valence-corrected chi connectivity index (χ4v) is 2.67. The molecular weight excluding hydrogens is 324 g/mol. The van der Waals surface area contributed by atoms with Crippen molar-refractivity contribution in [2.75, 3.05) is 0 Å². The summed E-state index contributed by atoms with van der Waals surface area (Å²) < 4.78 is 0. The lowest BCUT2D eigenvalue weighted by molar-refractivity contribution is -0.137. The second-order valence-electron chi connectivity index (χ2n) is 6.55. The van der Waals surface area contributed by atoms with Crippen LogP contribution in [0.5, 0.6) is 0 Å². The quantitative estimate of drug-likeness (QED) is 0.268. The SMILES string of the molecule is CCCCCCC(O)CCCCCCCCCCC(=O)O.O=C(O)O. The summed E-state index contributed by atoms with van der Waals surface area (Å²) in [7, 11) is 0. The van der Waals surface area contributed by atoms with Gasteiger partial charge in [0.15, 0.2) is 0 Å². The lowest BCUT2D eigenvalue weighted by atomic mass is 10.0. The smallest absolute Gasteiger partial charge is 0.481 e. The van der Waals surface area contributed by atoms with Gasteiger partial charge in [0.05, 0.1) is 6.10 Å². The first-order valence-corrected chi connectivity index (χ1v) is 9.71. The molecule has 6 heteroatoms. The molecule has 1 unspecified atom stereocenters. The number of unbranched alkanes of at least 4 members (excludes halogenated alkanes) is 10. The van der Waals surface area contributed by atoms with E-state index in [1.54, 1.807) is 0 Å². The van der Waals surface area contributed by atoms with Crippen molar-refractivity contribution in [3.8, 4) is 0 Å². The van der Waals surface area contributed by atoms with Gasteiger partial charge in [-0.15, -0.1) is 0 Å². The highest BCUT2D eigenvalue weighted by Crippen LogP contribution is 2.14. The van der Waals surface area contributed by atoms with E-state index >= 15 is 0 Å². The number of hydrogen-bond acceptors (Lipinski definition) is 3. The molecule has 0 aromatic heterocycles. The molecule has 0 saturated heterocycles. The highest BCUT2D eigenvalue weighted by molar-refractivity contribution is 5.66. The topological polar surface area (TPSA) is 115 Å². The Kier molecular flexibility index (Phi) is 21.5. The Labute approximate surface area is 152 Å². The molecule has 6 nitrogen and oxygen atoms in total. The Morgan fingerprint density at radius 2 is 1.04 bits per heavy atom. The summed E-state index contributed by atoms with van der Waals surface area (Å²) >= 11 is 0. The molecule has 0 heterocycles. The van der Waals surface area contributed by atoms with Gasteiger partial charge >= 0.3 is 12.1 Å². The molecule has 150 valence electrons. The van der Waals surface area contributed by atoms with Crippen LogP contribution in [0.3, 0.4) is 0 Å². The highest BCUT2D eigenvalue weighted by Gasteiger charge is 2.03. The number of aliphatic hydroxyl groups is 1. The van der Waals surface area contributed by atoms with Crippen LogP contribution in [0.25, 0.3) is 0 Å². The van der Waals surface area contributed by atoms with Crippen LogP contribution in [0.1, 0.15) is 103 Å². The molecule has 0 spiro atoms. The van der Waals surface area contributed by atoms with E-state index in [1.807, 2.05) is 0 Å². The summed E-state index contributed by atoms with van der Waals surface area (Å²) in [4.78, 5) is 18.9. The van der Waals surface area contributed by atoms with Crippen molar-refractivity contribution in [3.05, 3.63) is 0 Å². The average molecular weight is 363 g/mol. The third kappa shape index (κ3) is 31.0. The number of carboxylic acids is 1. The maximum absolute atomic E-state index is 10.3. The summed E-state index contributed by atoms with van der Waals surface area (Å²) in [5.74, 6) is -0.678. The summed E-state index contributed by atoms with van der Waals surface area (Å²) in [5, 5.41) is 32.3. The van der Waals surface area contributed by atoms with Gasteiger partial charge in [0.2, 0.25) is 0 Å². The van der Waals surface area contributed by atoms with Crippen LogP contribution in [0, 0.1) is 0 Å². The lowest BCUT2D eigenvalue weighted by Crippen LogP contribution is -2.05. The Morgan fingerprint density at radius 3 is 1.44 bits per heavy atom. The molecule has 0 aliphatic rings.